The summed E-state index contributed by atoms with van der Waals surface area (Å²) in [4.78, 5) is 28.0. The highest BCUT2D eigenvalue weighted by Gasteiger charge is 2.43. The van der Waals surface area contributed by atoms with Gasteiger partial charge in [-0.3, -0.25) is 9.59 Å². The Kier molecular flexibility index (Phi) is 13.9. The molecule has 2 rings (SSSR count). The van der Waals surface area contributed by atoms with Gasteiger partial charge in [-0.1, -0.05) is 45.4 Å². The van der Waals surface area contributed by atoms with Crippen LogP contribution in [0.1, 0.15) is 73.6 Å². The van der Waals surface area contributed by atoms with E-state index in [2.05, 4.69) is 0 Å². The lowest BCUT2D eigenvalue weighted by atomic mass is 9.79. The molecule has 230 valence electrons. The summed E-state index contributed by atoms with van der Waals surface area (Å²) in [6, 6.07) is -0.193. The fraction of sp³-hybridized carbons (Fsp3) is 0.806. The third-order valence-corrected chi connectivity index (χ3v) is 8.48. The van der Waals surface area contributed by atoms with Crippen LogP contribution in [-0.2, 0) is 23.8 Å². The van der Waals surface area contributed by atoms with Gasteiger partial charge in [-0.25, -0.2) is 0 Å². The summed E-state index contributed by atoms with van der Waals surface area (Å²) < 4.78 is 18.3. The summed E-state index contributed by atoms with van der Waals surface area (Å²) in [5.74, 6) is -1.92. The molecule has 0 aliphatic carbocycles. The number of carbonyl (C=O) groups excluding carboxylic acids is 2. The lowest BCUT2D eigenvalue weighted by Crippen LogP contribution is -2.56. The molecule has 0 aromatic rings. The molecule has 1 fully saturated rings. The third kappa shape index (κ3) is 9.74. The van der Waals surface area contributed by atoms with Gasteiger partial charge in [0, 0.05) is 30.4 Å². The Morgan fingerprint density at radius 3 is 2.35 bits per heavy atom. The molecule has 0 unspecified atom stereocenters. The van der Waals surface area contributed by atoms with Crippen LogP contribution in [0.25, 0.3) is 0 Å². The van der Waals surface area contributed by atoms with Crippen molar-refractivity contribution in [3.8, 4) is 0 Å². The van der Waals surface area contributed by atoms with Crippen molar-refractivity contribution in [3.05, 3.63) is 23.8 Å². The zero-order valence-corrected chi connectivity index (χ0v) is 25.7. The Hall–Kier alpha value is -1.62. The monoisotopic (exact) mass is 567 g/mol. The van der Waals surface area contributed by atoms with Gasteiger partial charge >= 0.3 is 5.97 Å². The summed E-state index contributed by atoms with van der Waals surface area (Å²) >= 11 is 0. The molecule has 2 heterocycles. The highest BCUT2D eigenvalue weighted by Crippen LogP contribution is 2.34. The molecule has 1 saturated heterocycles. The van der Waals surface area contributed by atoms with E-state index in [4.69, 9.17) is 14.2 Å². The number of rotatable bonds is 6. The molecule has 40 heavy (non-hydrogen) atoms. The van der Waals surface area contributed by atoms with Crippen molar-refractivity contribution < 1.29 is 39.1 Å². The van der Waals surface area contributed by atoms with Crippen molar-refractivity contribution in [2.75, 3.05) is 20.7 Å². The largest absolute Gasteiger partial charge is 0.462 e. The highest BCUT2D eigenvalue weighted by atomic mass is 16.7. The van der Waals surface area contributed by atoms with E-state index >= 15 is 0 Å². The first-order chi connectivity index (χ1) is 18.8. The minimum Gasteiger partial charge on any atom is -0.462 e. The smallest absolute Gasteiger partial charge is 0.308 e. The average molecular weight is 568 g/mol. The Bertz CT molecular complexity index is 873. The van der Waals surface area contributed by atoms with E-state index in [0.717, 1.165) is 5.57 Å². The molecule has 0 saturated carbocycles. The van der Waals surface area contributed by atoms with Crippen molar-refractivity contribution in [3.63, 3.8) is 0 Å². The highest BCUT2D eigenvalue weighted by molar-refractivity contribution is 5.91. The fourth-order valence-electron chi connectivity index (χ4n) is 5.94. The standard InChI is InChI=1S/C31H53NO8/c1-9-27-20(4)14-18(2)10-11-25(34)19(3)15-23(12-13-33)30(22(6)26(35)17-28(36)39-27)40-31-29(37)24(32(7)8)16-21(5)38-31/h10-11,14,19-24,26-27,29-31,33,35,37H,9,12-13,15-17H2,1-8H3/b11-10+,18-14+/t19-,20-,21-,22+,23+,24+,26+,27+,29-,30+,31+/m0/s1. The molecule has 0 amide bonds. The molecular formula is C31H53NO8. The third-order valence-electron chi connectivity index (χ3n) is 8.48. The molecule has 0 bridgehead atoms. The summed E-state index contributed by atoms with van der Waals surface area (Å²) in [6.45, 7) is 11.2. The van der Waals surface area contributed by atoms with E-state index in [9.17, 15) is 24.9 Å². The molecular weight excluding hydrogens is 514 g/mol. The van der Waals surface area contributed by atoms with Gasteiger partial charge in [-0.2, -0.15) is 0 Å². The zero-order valence-electron chi connectivity index (χ0n) is 25.7. The van der Waals surface area contributed by atoms with Gasteiger partial charge in [0.05, 0.1) is 24.7 Å². The van der Waals surface area contributed by atoms with Crippen LogP contribution in [-0.4, -0.2) is 95.5 Å². The Labute approximate surface area is 240 Å². The second kappa shape index (κ2) is 16.1. The number of aliphatic hydroxyl groups excluding tert-OH is 3. The van der Waals surface area contributed by atoms with Gasteiger partial charge in [0.25, 0.3) is 0 Å². The SMILES string of the molecule is CC[C@H]1OC(=O)C[C@@H](O)[C@@H](C)[C@@H](O[C@H]2O[C@@H](C)C[C@@H](N(C)C)[C@@H]2O)[C@H](CCO)C[C@H](C)C(=O)/C=C/C(C)=C/[C@@H]1C. The number of esters is 1. The van der Waals surface area contributed by atoms with Gasteiger partial charge in [-0.05, 0) is 65.6 Å². The predicted molar refractivity (Wildman–Crippen MR) is 153 cm³/mol. The van der Waals surface area contributed by atoms with E-state index in [1.165, 1.54) is 0 Å². The Balaban J connectivity index is 2.47. The number of aliphatic hydroxyl groups is 3. The van der Waals surface area contributed by atoms with E-state index in [1.807, 2.05) is 59.7 Å². The minimum absolute atomic E-state index is 0.0453. The number of nitrogens with zero attached hydrogens (tertiary/aromatic N) is 1. The van der Waals surface area contributed by atoms with E-state index in [0.29, 0.717) is 25.7 Å². The predicted octanol–water partition coefficient (Wildman–Crippen LogP) is 3.25. The summed E-state index contributed by atoms with van der Waals surface area (Å²) in [5, 5.41) is 32.4. The topological polar surface area (TPSA) is 126 Å². The molecule has 3 N–H and O–H groups in total. The van der Waals surface area contributed by atoms with Crippen LogP contribution in [0.4, 0.5) is 0 Å². The fourth-order valence-corrected chi connectivity index (χ4v) is 5.94. The molecule has 2 aliphatic heterocycles. The van der Waals surface area contributed by atoms with Gasteiger partial charge in [0.15, 0.2) is 12.1 Å². The molecule has 9 nitrogen and oxygen atoms in total. The average Bonchev–Trinajstić information content (AvgIpc) is 2.88. The molecule has 9 heteroatoms. The number of likely N-dealkylation sites (N-methyl/N-ethyl adjacent to an activating group) is 1. The van der Waals surface area contributed by atoms with Crippen LogP contribution >= 0.6 is 0 Å². The maximum atomic E-state index is 13.1. The maximum absolute atomic E-state index is 13.1. The van der Waals surface area contributed by atoms with E-state index < -0.39 is 36.5 Å². The summed E-state index contributed by atoms with van der Waals surface area (Å²) in [7, 11) is 3.79. The number of ketones is 1. The second-order valence-corrected chi connectivity index (χ2v) is 12.2. The van der Waals surface area contributed by atoms with E-state index in [-0.39, 0.29) is 54.8 Å². The van der Waals surface area contributed by atoms with Crippen LogP contribution in [0.3, 0.4) is 0 Å². The van der Waals surface area contributed by atoms with Crippen LogP contribution in [0.2, 0.25) is 0 Å². The van der Waals surface area contributed by atoms with Crippen LogP contribution in [0.5, 0.6) is 0 Å². The van der Waals surface area contributed by atoms with Crippen molar-refractivity contribution >= 4 is 11.8 Å². The molecule has 0 spiro atoms. The lowest BCUT2D eigenvalue weighted by molar-refractivity contribution is -0.283. The normalized spacial score (nSPS) is 41.3. The molecule has 0 aromatic carbocycles. The zero-order chi connectivity index (χ0) is 30.1. The number of hydrogen-bond donors (Lipinski definition) is 3. The molecule has 2 aliphatic rings. The number of ether oxygens (including phenoxy) is 3. The summed E-state index contributed by atoms with van der Waals surface area (Å²) in [5.41, 5.74) is 0.893. The van der Waals surface area contributed by atoms with Gasteiger partial charge in [-0.15, -0.1) is 0 Å². The van der Waals surface area contributed by atoms with Crippen LogP contribution in [0.15, 0.2) is 23.8 Å². The number of cyclic esters (lactones) is 1. The minimum atomic E-state index is -1.11. The molecule has 0 radical (unpaired) electrons. The van der Waals surface area contributed by atoms with E-state index in [1.54, 1.807) is 19.1 Å². The Morgan fingerprint density at radius 2 is 1.75 bits per heavy atom. The van der Waals surface area contributed by atoms with Crippen LogP contribution < -0.4 is 0 Å². The molecule has 11 atom stereocenters. The summed E-state index contributed by atoms with van der Waals surface area (Å²) in [6.07, 6.45) is 2.78. The number of carbonyl (C=O) groups is 2. The first-order valence-electron chi connectivity index (χ1n) is 14.8. The lowest BCUT2D eigenvalue weighted by Gasteiger charge is -2.44. The van der Waals surface area contributed by atoms with Crippen molar-refractivity contribution in [2.45, 2.75) is 116 Å². The van der Waals surface area contributed by atoms with Gasteiger partial charge in [0.1, 0.15) is 12.2 Å². The van der Waals surface area contributed by atoms with Gasteiger partial charge < -0.3 is 34.4 Å². The first kappa shape index (κ1) is 34.6. The van der Waals surface area contributed by atoms with Crippen molar-refractivity contribution in [1.29, 1.82) is 0 Å². The molecule has 0 aromatic heterocycles. The Morgan fingerprint density at radius 1 is 1.07 bits per heavy atom. The van der Waals surface area contributed by atoms with Crippen molar-refractivity contribution in [2.24, 2.45) is 23.7 Å². The maximum Gasteiger partial charge on any atom is 0.308 e. The quantitative estimate of drug-likeness (QED) is 0.415. The number of allylic oxidation sites excluding steroid dienone is 3. The number of hydrogen-bond acceptors (Lipinski definition) is 9. The first-order valence-corrected chi connectivity index (χ1v) is 14.8. The van der Waals surface area contributed by atoms with Crippen LogP contribution in [0, 0.1) is 23.7 Å². The van der Waals surface area contributed by atoms with Crippen molar-refractivity contribution in [1.82, 2.24) is 4.90 Å². The second-order valence-electron chi connectivity index (χ2n) is 12.2. The van der Waals surface area contributed by atoms with Gasteiger partial charge in [0.2, 0.25) is 0 Å².